The number of phosphoric ester groups is 1. The molecule has 0 radical (unpaired) electrons. The van der Waals surface area contributed by atoms with Gasteiger partial charge < -0.3 is 25.2 Å². The number of esters is 1. The van der Waals surface area contributed by atoms with Crippen LogP contribution in [0.4, 0.5) is 0 Å². The van der Waals surface area contributed by atoms with Crippen molar-refractivity contribution in [3.05, 3.63) is 12.2 Å². The number of hydrogen-bond donors (Lipinski definition) is 4. The second-order valence-corrected chi connectivity index (χ2v) is 14.6. The number of allylic oxidation sites excluding steroid dienone is 2. The van der Waals surface area contributed by atoms with Gasteiger partial charge in [0.2, 0.25) is 5.91 Å². The highest BCUT2D eigenvalue weighted by molar-refractivity contribution is 7.47. The Morgan fingerprint density at radius 1 is 0.633 bits per heavy atom. The average Bonchev–Trinajstić information content (AvgIpc) is 3.07. The van der Waals surface area contributed by atoms with Gasteiger partial charge in [0.05, 0.1) is 13.2 Å². The summed E-state index contributed by atoms with van der Waals surface area (Å²) in [7, 11) is -4.74. The van der Waals surface area contributed by atoms with E-state index in [1.807, 2.05) is 0 Å². The van der Waals surface area contributed by atoms with Gasteiger partial charge >= 0.3 is 19.8 Å². The van der Waals surface area contributed by atoms with Crippen LogP contribution >= 0.6 is 7.82 Å². The number of carbonyl (C=O) groups is 3. The topological polar surface area (TPSA) is 169 Å². The third kappa shape index (κ3) is 33.1. The van der Waals surface area contributed by atoms with Crippen LogP contribution in [0, 0.1) is 0 Å². The summed E-state index contributed by atoms with van der Waals surface area (Å²) >= 11 is 0. The van der Waals surface area contributed by atoms with Gasteiger partial charge in [-0.15, -0.1) is 0 Å². The SMILES string of the molecule is CCCC/C=C\CCCCCCCC(=O)NC(COP(=O)(O)OCC(O)COC(=O)CCCCCCCCCCCCCCCC)C(=O)O. The summed E-state index contributed by atoms with van der Waals surface area (Å²) in [5.74, 6) is -2.38. The van der Waals surface area contributed by atoms with Crippen LogP contribution in [-0.2, 0) is 32.7 Å². The predicted octanol–water partition coefficient (Wildman–Crippen LogP) is 8.94. The zero-order chi connectivity index (χ0) is 36.4. The highest BCUT2D eigenvalue weighted by atomic mass is 31.2. The minimum Gasteiger partial charge on any atom is -0.480 e. The molecule has 1 amide bonds. The van der Waals surface area contributed by atoms with Crippen LogP contribution in [0.25, 0.3) is 0 Å². The molecule has 288 valence electrons. The third-order valence-electron chi connectivity index (χ3n) is 8.30. The van der Waals surface area contributed by atoms with Gasteiger partial charge in [-0.1, -0.05) is 142 Å². The number of carboxylic acid groups (broad SMARTS) is 1. The number of phosphoric acid groups is 1. The van der Waals surface area contributed by atoms with Crippen molar-refractivity contribution in [1.29, 1.82) is 0 Å². The molecule has 49 heavy (non-hydrogen) atoms. The maximum atomic E-state index is 12.2. The van der Waals surface area contributed by atoms with E-state index in [0.717, 1.165) is 57.8 Å². The van der Waals surface area contributed by atoms with E-state index in [9.17, 15) is 34.1 Å². The van der Waals surface area contributed by atoms with E-state index in [4.69, 9.17) is 13.8 Å². The Balaban J connectivity index is 3.94. The predicted molar refractivity (Wildman–Crippen MR) is 194 cm³/mol. The lowest BCUT2D eigenvalue weighted by molar-refractivity contribution is -0.147. The van der Waals surface area contributed by atoms with Gasteiger partial charge in [0, 0.05) is 12.8 Å². The highest BCUT2D eigenvalue weighted by Crippen LogP contribution is 2.43. The Bertz CT molecular complexity index is 900. The number of hydrogen-bond acceptors (Lipinski definition) is 8. The van der Waals surface area contributed by atoms with E-state index in [1.165, 1.54) is 77.0 Å². The number of carboxylic acids is 1. The van der Waals surface area contributed by atoms with Crippen LogP contribution < -0.4 is 5.32 Å². The lowest BCUT2D eigenvalue weighted by atomic mass is 10.0. The smallest absolute Gasteiger partial charge is 0.472 e. The molecule has 3 atom stereocenters. The molecule has 0 aromatic carbocycles. The zero-order valence-corrected chi connectivity index (χ0v) is 31.6. The first-order valence-electron chi connectivity index (χ1n) is 19.2. The van der Waals surface area contributed by atoms with Gasteiger partial charge in [-0.2, -0.15) is 0 Å². The van der Waals surface area contributed by atoms with Crippen LogP contribution in [0.5, 0.6) is 0 Å². The summed E-state index contributed by atoms with van der Waals surface area (Å²) < 4.78 is 26.7. The van der Waals surface area contributed by atoms with Crippen molar-refractivity contribution in [3.63, 3.8) is 0 Å². The molecule has 0 aromatic heterocycles. The Morgan fingerprint density at radius 3 is 1.61 bits per heavy atom. The number of carbonyl (C=O) groups excluding carboxylic acids is 2. The Hall–Kier alpha value is -1.78. The van der Waals surface area contributed by atoms with E-state index in [-0.39, 0.29) is 12.8 Å². The van der Waals surface area contributed by atoms with Crippen LogP contribution in [0.1, 0.15) is 174 Å². The van der Waals surface area contributed by atoms with Gasteiger partial charge in [0.15, 0.2) is 6.04 Å². The molecule has 0 rings (SSSR count). The molecule has 0 bridgehead atoms. The fourth-order valence-electron chi connectivity index (χ4n) is 5.24. The van der Waals surface area contributed by atoms with Crippen molar-refractivity contribution in [2.24, 2.45) is 0 Å². The molecule has 0 aliphatic carbocycles. The molecule has 0 saturated heterocycles. The summed E-state index contributed by atoms with van der Waals surface area (Å²) in [4.78, 5) is 45.6. The van der Waals surface area contributed by atoms with Gasteiger partial charge in [-0.05, 0) is 32.1 Å². The van der Waals surface area contributed by atoms with Crippen molar-refractivity contribution in [1.82, 2.24) is 5.32 Å². The quantitative estimate of drug-likeness (QED) is 0.0212. The number of unbranched alkanes of at least 4 members (excludes halogenated alkanes) is 20. The molecule has 0 aliphatic heterocycles. The molecule has 12 heteroatoms. The van der Waals surface area contributed by atoms with Crippen LogP contribution in [0.15, 0.2) is 12.2 Å². The molecule has 0 spiro atoms. The van der Waals surface area contributed by atoms with Crippen LogP contribution in [-0.4, -0.2) is 64.9 Å². The van der Waals surface area contributed by atoms with Gasteiger partial charge in [0.1, 0.15) is 12.7 Å². The number of aliphatic hydroxyl groups excluding tert-OH is 1. The molecule has 11 nitrogen and oxygen atoms in total. The van der Waals surface area contributed by atoms with Crippen molar-refractivity contribution in [2.75, 3.05) is 19.8 Å². The van der Waals surface area contributed by atoms with E-state index < -0.39 is 57.6 Å². The molecule has 3 unspecified atom stereocenters. The first-order chi connectivity index (χ1) is 23.6. The molecule has 0 saturated carbocycles. The van der Waals surface area contributed by atoms with Crippen molar-refractivity contribution in [3.8, 4) is 0 Å². The normalized spacial score (nSPS) is 14.0. The number of rotatable bonds is 36. The Labute approximate surface area is 296 Å². The van der Waals surface area contributed by atoms with Crippen molar-refractivity contribution < 1.29 is 47.8 Å². The fraction of sp³-hybridized carbons (Fsp3) is 0.865. The molecule has 0 fully saturated rings. The van der Waals surface area contributed by atoms with Crippen molar-refractivity contribution >= 4 is 25.7 Å². The fourth-order valence-corrected chi connectivity index (χ4v) is 6.01. The average molecular weight is 720 g/mol. The zero-order valence-electron chi connectivity index (χ0n) is 30.8. The highest BCUT2D eigenvalue weighted by Gasteiger charge is 2.28. The molecular formula is C37H70NO10P. The summed E-state index contributed by atoms with van der Waals surface area (Å²) in [5, 5.41) is 21.7. The van der Waals surface area contributed by atoms with E-state index in [1.54, 1.807) is 0 Å². The van der Waals surface area contributed by atoms with E-state index >= 15 is 0 Å². The number of amides is 1. The molecule has 0 aromatic rings. The molecular weight excluding hydrogens is 649 g/mol. The first kappa shape index (κ1) is 47.2. The summed E-state index contributed by atoms with van der Waals surface area (Å²) in [6.07, 6.45) is 29.6. The minimum atomic E-state index is -4.74. The van der Waals surface area contributed by atoms with Gasteiger partial charge in [-0.25, -0.2) is 9.36 Å². The monoisotopic (exact) mass is 719 g/mol. The van der Waals surface area contributed by atoms with E-state index in [2.05, 4.69) is 31.3 Å². The number of ether oxygens (including phenoxy) is 1. The van der Waals surface area contributed by atoms with E-state index in [0.29, 0.717) is 12.8 Å². The van der Waals surface area contributed by atoms with Crippen LogP contribution in [0.3, 0.4) is 0 Å². The molecule has 4 N–H and O–H groups in total. The maximum absolute atomic E-state index is 12.2. The second-order valence-electron chi connectivity index (χ2n) is 13.1. The molecule has 0 aliphatic rings. The minimum absolute atomic E-state index is 0.137. The number of nitrogens with one attached hydrogen (secondary N) is 1. The van der Waals surface area contributed by atoms with Gasteiger partial charge in [-0.3, -0.25) is 18.6 Å². The summed E-state index contributed by atoms with van der Waals surface area (Å²) in [5.41, 5.74) is 0. The lowest BCUT2D eigenvalue weighted by Crippen LogP contribution is -2.43. The summed E-state index contributed by atoms with van der Waals surface area (Å²) in [6.45, 7) is 2.53. The largest absolute Gasteiger partial charge is 0.480 e. The van der Waals surface area contributed by atoms with Crippen molar-refractivity contribution in [2.45, 2.75) is 187 Å². The Kier molecular flexibility index (Phi) is 32.2. The Morgan fingerprint density at radius 2 is 1.08 bits per heavy atom. The standard InChI is InChI=1S/C37H70NO10P/c1-3-5-7-9-11-13-15-16-17-19-21-23-25-27-29-36(41)46-30-33(39)31-47-49(44,45)48-32-34(37(42)43)38-35(40)28-26-24-22-20-18-14-12-10-8-6-4-2/h10,12,33-34,39H,3-9,11,13-32H2,1-2H3,(H,38,40)(H,42,43)(H,44,45)/b12-10-. The van der Waals surface area contributed by atoms with Gasteiger partial charge in [0.25, 0.3) is 0 Å². The first-order valence-corrected chi connectivity index (χ1v) is 20.7. The number of aliphatic carboxylic acids is 1. The number of aliphatic hydroxyl groups is 1. The second kappa shape index (κ2) is 33.4. The third-order valence-corrected chi connectivity index (χ3v) is 9.26. The van der Waals surface area contributed by atoms with Crippen LogP contribution in [0.2, 0.25) is 0 Å². The summed E-state index contributed by atoms with van der Waals surface area (Å²) in [6, 6.07) is -1.54. The maximum Gasteiger partial charge on any atom is 0.472 e. The molecule has 0 heterocycles. The lowest BCUT2D eigenvalue weighted by Gasteiger charge is -2.18.